The highest BCUT2D eigenvalue weighted by Crippen LogP contribution is 2.32. The van der Waals surface area contributed by atoms with Crippen molar-refractivity contribution in [2.75, 3.05) is 5.32 Å². The number of aromatic nitrogens is 2. The van der Waals surface area contributed by atoms with Crippen LogP contribution in [0.5, 0.6) is 0 Å². The molecule has 0 unspecified atom stereocenters. The van der Waals surface area contributed by atoms with E-state index < -0.39 is 5.91 Å². The minimum atomic E-state index is -0.601. The van der Waals surface area contributed by atoms with Crippen LogP contribution in [0.1, 0.15) is 31.2 Å². The van der Waals surface area contributed by atoms with Crippen LogP contribution in [0.25, 0.3) is 22.2 Å². The minimum absolute atomic E-state index is 0.278. The number of carbonyl (C=O) groups is 2. The summed E-state index contributed by atoms with van der Waals surface area (Å²) in [6.07, 6.45) is 3.96. The lowest BCUT2D eigenvalue weighted by Gasteiger charge is -2.11. The first-order valence-corrected chi connectivity index (χ1v) is 12.0. The largest absolute Gasteiger partial charge is 0.366 e. The van der Waals surface area contributed by atoms with Crippen LogP contribution in [0, 0.1) is 0 Å². The third-order valence-electron chi connectivity index (χ3n) is 5.49. The molecule has 2 amide bonds. The number of pyridine rings is 2. The second-order valence-corrected chi connectivity index (χ2v) is 9.46. The molecular formula is C27H19ClN4O2S. The van der Waals surface area contributed by atoms with Crippen molar-refractivity contribution in [1.82, 2.24) is 9.97 Å². The lowest BCUT2D eigenvalue weighted by Crippen LogP contribution is -2.17. The average Bonchev–Trinajstić information content (AvgIpc) is 3.26. The number of carbonyl (C=O) groups excluding carboxylic acids is 2. The maximum absolute atomic E-state index is 13.5. The van der Waals surface area contributed by atoms with Crippen molar-refractivity contribution in [2.24, 2.45) is 5.73 Å². The molecule has 0 aliphatic heterocycles. The monoisotopic (exact) mass is 498 g/mol. The summed E-state index contributed by atoms with van der Waals surface area (Å²) in [7, 11) is 0. The summed E-state index contributed by atoms with van der Waals surface area (Å²) in [5.41, 5.74) is 9.46. The molecule has 8 heteroatoms. The highest BCUT2D eigenvalue weighted by atomic mass is 35.5. The van der Waals surface area contributed by atoms with Crippen LogP contribution >= 0.6 is 22.9 Å². The van der Waals surface area contributed by atoms with Crippen molar-refractivity contribution < 1.29 is 9.59 Å². The zero-order valence-electron chi connectivity index (χ0n) is 18.4. The Kier molecular flexibility index (Phi) is 6.27. The fraction of sp³-hybridized carbons (Fsp3) is 0.0370. The lowest BCUT2D eigenvalue weighted by molar-refractivity contribution is 0.100. The summed E-state index contributed by atoms with van der Waals surface area (Å²) in [4.78, 5) is 35.3. The molecule has 172 valence electrons. The molecule has 0 saturated carbocycles. The Bertz CT molecular complexity index is 1550. The second kappa shape index (κ2) is 9.66. The van der Waals surface area contributed by atoms with E-state index >= 15 is 0 Å². The van der Waals surface area contributed by atoms with Gasteiger partial charge in [-0.2, -0.15) is 0 Å². The van der Waals surface area contributed by atoms with E-state index in [1.165, 1.54) is 11.3 Å². The molecule has 2 aromatic carbocycles. The third-order valence-corrected chi connectivity index (χ3v) is 6.77. The Morgan fingerprint density at radius 3 is 2.46 bits per heavy atom. The van der Waals surface area contributed by atoms with Crippen molar-refractivity contribution >= 4 is 50.7 Å². The van der Waals surface area contributed by atoms with Gasteiger partial charge in [-0.25, -0.2) is 4.98 Å². The molecule has 0 atom stereocenters. The Labute approximate surface area is 210 Å². The Morgan fingerprint density at radius 1 is 0.943 bits per heavy atom. The first kappa shape index (κ1) is 22.7. The molecule has 0 aliphatic carbocycles. The van der Waals surface area contributed by atoms with Gasteiger partial charge in [0.2, 0.25) is 0 Å². The average molecular weight is 499 g/mol. The standard InChI is InChI=1S/C27H19ClN4O2S/c28-18-6-7-23-20(13-18)21(15-24(31-23)17-8-10-30-11-9-17)26(34)32-27-22(25(29)33)14-19(35-27)12-16-4-2-1-3-5-16/h1-11,13-15H,12H2,(H2,29,33)(H,32,34). The van der Waals surface area contributed by atoms with E-state index in [4.69, 9.17) is 22.3 Å². The van der Waals surface area contributed by atoms with Crippen LogP contribution in [0.2, 0.25) is 5.02 Å². The van der Waals surface area contributed by atoms with E-state index in [0.717, 1.165) is 16.0 Å². The number of hydrogen-bond donors (Lipinski definition) is 2. The summed E-state index contributed by atoms with van der Waals surface area (Å²) in [6, 6.07) is 22.2. The Hall–Kier alpha value is -4.07. The summed E-state index contributed by atoms with van der Waals surface area (Å²) in [5, 5.41) is 4.40. The molecule has 5 aromatic rings. The van der Waals surface area contributed by atoms with Crippen LogP contribution in [-0.4, -0.2) is 21.8 Å². The predicted octanol–water partition coefficient (Wildman–Crippen LogP) is 5.95. The van der Waals surface area contributed by atoms with Gasteiger partial charge in [0.15, 0.2) is 0 Å². The van der Waals surface area contributed by atoms with Gasteiger partial charge in [-0.15, -0.1) is 11.3 Å². The molecule has 0 radical (unpaired) electrons. The Morgan fingerprint density at radius 2 is 1.71 bits per heavy atom. The number of amides is 2. The normalized spacial score (nSPS) is 10.9. The maximum atomic E-state index is 13.5. The molecule has 6 nitrogen and oxygen atoms in total. The van der Waals surface area contributed by atoms with Gasteiger partial charge in [-0.3, -0.25) is 14.6 Å². The molecule has 3 aromatic heterocycles. The number of primary amides is 1. The number of nitrogens with two attached hydrogens (primary N) is 1. The van der Waals surface area contributed by atoms with Crippen molar-refractivity contribution in [3.63, 3.8) is 0 Å². The topological polar surface area (TPSA) is 98.0 Å². The van der Waals surface area contributed by atoms with Gasteiger partial charge >= 0.3 is 0 Å². The van der Waals surface area contributed by atoms with Crippen LogP contribution in [0.15, 0.2) is 85.2 Å². The number of fused-ring (bicyclic) bond motifs is 1. The second-order valence-electron chi connectivity index (χ2n) is 7.89. The maximum Gasteiger partial charge on any atom is 0.257 e. The summed E-state index contributed by atoms with van der Waals surface area (Å²) in [5.74, 6) is -0.985. The number of anilines is 1. The van der Waals surface area contributed by atoms with E-state index in [9.17, 15) is 9.59 Å². The molecule has 0 bridgehead atoms. The van der Waals surface area contributed by atoms with Gasteiger partial charge in [-0.05, 0) is 48.0 Å². The lowest BCUT2D eigenvalue weighted by atomic mass is 10.0. The first-order valence-electron chi connectivity index (χ1n) is 10.8. The van der Waals surface area contributed by atoms with Crippen LogP contribution in [0.4, 0.5) is 5.00 Å². The first-order chi connectivity index (χ1) is 17.0. The van der Waals surface area contributed by atoms with E-state index in [1.807, 2.05) is 42.5 Å². The van der Waals surface area contributed by atoms with E-state index in [1.54, 1.807) is 42.7 Å². The number of nitrogens with one attached hydrogen (secondary N) is 1. The molecule has 3 N–H and O–H groups in total. The fourth-order valence-corrected chi connectivity index (χ4v) is 5.09. The van der Waals surface area contributed by atoms with Gasteiger partial charge in [0, 0.05) is 39.7 Å². The third kappa shape index (κ3) is 4.91. The number of halogens is 1. The smallest absolute Gasteiger partial charge is 0.257 e. The number of hydrogen-bond acceptors (Lipinski definition) is 5. The highest BCUT2D eigenvalue weighted by Gasteiger charge is 2.20. The predicted molar refractivity (Wildman–Crippen MR) is 140 cm³/mol. The molecule has 0 aliphatic rings. The van der Waals surface area contributed by atoms with Crippen molar-refractivity contribution in [2.45, 2.75) is 6.42 Å². The minimum Gasteiger partial charge on any atom is -0.366 e. The fourth-order valence-electron chi connectivity index (χ4n) is 3.83. The SMILES string of the molecule is NC(=O)c1cc(Cc2ccccc2)sc1NC(=O)c1cc(-c2ccncc2)nc2ccc(Cl)cc12. The summed E-state index contributed by atoms with van der Waals surface area (Å²) >= 11 is 7.56. The molecular weight excluding hydrogens is 480 g/mol. The van der Waals surface area contributed by atoms with E-state index in [2.05, 4.69) is 10.3 Å². The van der Waals surface area contributed by atoms with E-state index in [0.29, 0.717) is 38.6 Å². The van der Waals surface area contributed by atoms with Crippen LogP contribution in [-0.2, 0) is 6.42 Å². The van der Waals surface area contributed by atoms with E-state index in [-0.39, 0.29) is 11.5 Å². The molecule has 0 spiro atoms. The van der Waals surface area contributed by atoms with Crippen molar-refractivity contribution in [1.29, 1.82) is 0 Å². The summed E-state index contributed by atoms with van der Waals surface area (Å²) < 4.78 is 0. The molecule has 0 fully saturated rings. The summed E-state index contributed by atoms with van der Waals surface area (Å²) in [6.45, 7) is 0. The Balaban J connectivity index is 1.54. The highest BCUT2D eigenvalue weighted by molar-refractivity contribution is 7.16. The van der Waals surface area contributed by atoms with Gasteiger partial charge in [0.05, 0.1) is 22.3 Å². The van der Waals surface area contributed by atoms with Crippen molar-refractivity contribution in [3.05, 3.63) is 112 Å². The van der Waals surface area contributed by atoms with Crippen LogP contribution in [0.3, 0.4) is 0 Å². The number of benzene rings is 2. The van der Waals surface area contributed by atoms with Crippen molar-refractivity contribution in [3.8, 4) is 11.3 Å². The number of nitrogens with zero attached hydrogens (tertiary/aromatic N) is 2. The van der Waals surface area contributed by atoms with Crippen LogP contribution < -0.4 is 11.1 Å². The number of thiophene rings is 1. The van der Waals surface area contributed by atoms with Gasteiger partial charge in [0.25, 0.3) is 11.8 Å². The molecule has 3 heterocycles. The molecule has 0 saturated heterocycles. The quantitative estimate of drug-likeness (QED) is 0.302. The van der Waals surface area contributed by atoms with Gasteiger partial charge < -0.3 is 11.1 Å². The zero-order valence-corrected chi connectivity index (χ0v) is 19.9. The molecule has 35 heavy (non-hydrogen) atoms. The zero-order chi connectivity index (χ0) is 24.4. The van der Waals surface area contributed by atoms with Gasteiger partial charge in [0.1, 0.15) is 5.00 Å². The number of rotatable bonds is 6. The molecule has 5 rings (SSSR count). The van der Waals surface area contributed by atoms with Gasteiger partial charge in [-0.1, -0.05) is 41.9 Å².